The van der Waals surface area contributed by atoms with Crippen LogP contribution in [0.15, 0.2) is 18.2 Å². The zero-order valence-corrected chi connectivity index (χ0v) is 9.27. The van der Waals surface area contributed by atoms with Crippen LogP contribution in [0.25, 0.3) is 0 Å². The maximum absolute atomic E-state index is 11.3. The van der Waals surface area contributed by atoms with Crippen LogP contribution in [0.2, 0.25) is 0 Å². The van der Waals surface area contributed by atoms with Crippen LogP contribution in [-0.4, -0.2) is 31.8 Å². The number of carbonyl (C=O) groups excluding carboxylic acids is 1. The van der Waals surface area contributed by atoms with Gasteiger partial charge in [0.2, 0.25) is 0 Å². The minimum absolute atomic E-state index is 0.0565. The molecule has 0 saturated heterocycles. The molecular weight excluding hydrogens is 210 g/mol. The van der Waals surface area contributed by atoms with E-state index in [1.54, 1.807) is 12.1 Å². The van der Waals surface area contributed by atoms with Crippen LogP contribution < -0.4 is 10.5 Å². The Balaban J connectivity index is 3.15. The summed E-state index contributed by atoms with van der Waals surface area (Å²) in [6.07, 6.45) is -0.862. The van der Waals surface area contributed by atoms with Gasteiger partial charge >= 0.3 is 5.97 Å². The van der Waals surface area contributed by atoms with Crippen molar-refractivity contribution in [1.29, 1.82) is 0 Å². The number of hydrogen-bond acceptors (Lipinski definition) is 5. The minimum Gasteiger partial charge on any atom is -0.496 e. The molecule has 0 aliphatic rings. The molecule has 5 nitrogen and oxygen atoms in total. The van der Waals surface area contributed by atoms with Crippen molar-refractivity contribution in [2.45, 2.75) is 6.10 Å². The summed E-state index contributed by atoms with van der Waals surface area (Å²) >= 11 is 0. The van der Waals surface area contributed by atoms with Crippen molar-refractivity contribution in [2.24, 2.45) is 5.73 Å². The van der Waals surface area contributed by atoms with Gasteiger partial charge in [-0.3, -0.25) is 0 Å². The Labute approximate surface area is 93.8 Å². The molecule has 0 radical (unpaired) electrons. The quantitative estimate of drug-likeness (QED) is 0.728. The van der Waals surface area contributed by atoms with E-state index >= 15 is 0 Å². The molecule has 0 amide bonds. The highest BCUT2D eigenvalue weighted by Crippen LogP contribution is 2.26. The van der Waals surface area contributed by atoms with Gasteiger partial charge in [0.1, 0.15) is 5.75 Å². The predicted octanol–water partition coefficient (Wildman–Crippen LogP) is 0.474. The molecule has 1 rings (SSSR count). The van der Waals surface area contributed by atoms with Gasteiger partial charge in [0.15, 0.2) is 0 Å². The Kier molecular flexibility index (Phi) is 4.28. The molecule has 0 aliphatic heterocycles. The third-order valence-corrected chi connectivity index (χ3v) is 2.23. The maximum atomic E-state index is 11.3. The van der Waals surface area contributed by atoms with Gasteiger partial charge in [-0.1, -0.05) is 0 Å². The maximum Gasteiger partial charge on any atom is 0.337 e. The van der Waals surface area contributed by atoms with Gasteiger partial charge in [-0.25, -0.2) is 4.79 Å². The highest BCUT2D eigenvalue weighted by atomic mass is 16.5. The average Bonchev–Trinajstić information content (AvgIpc) is 2.35. The molecule has 0 unspecified atom stereocenters. The normalized spacial score (nSPS) is 12.0. The number of aliphatic hydroxyl groups excluding tert-OH is 1. The van der Waals surface area contributed by atoms with E-state index in [1.165, 1.54) is 20.3 Å². The van der Waals surface area contributed by atoms with Crippen LogP contribution >= 0.6 is 0 Å². The number of aliphatic hydroxyl groups is 1. The van der Waals surface area contributed by atoms with E-state index in [0.717, 1.165) is 0 Å². The highest BCUT2D eigenvalue weighted by Gasteiger charge is 2.15. The molecule has 0 heterocycles. The first-order valence-electron chi connectivity index (χ1n) is 4.78. The first-order chi connectivity index (χ1) is 7.63. The topological polar surface area (TPSA) is 81.8 Å². The number of carbonyl (C=O) groups is 1. The molecule has 1 atom stereocenters. The number of ether oxygens (including phenoxy) is 2. The summed E-state index contributed by atoms with van der Waals surface area (Å²) in [5.41, 5.74) is 6.20. The standard InChI is InChI=1S/C11H15NO4/c1-15-10-4-3-7(11(14)16-2)5-8(10)9(13)6-12/h3-5,9,13H,6,12H2,1-2H3/t9-/m1/s1. The molecule has 5 heteroatoms. The molecule has 0 spiro atoms. The van der Waals surface area contributed by atoms with Crippen molar-refractivity contribution in [2.75, 3.05) is 20.8 Å². The Bertz CT molecular complexity index is 378. The van der Waals surface area contributed by atoms with Crippen LogP contribution in [0.5, 0.6) is 5.75 Å². The summed E-state index contributed by atoms with van der Waals surface area (Å²) in [5.74, 6) is 0.0266. The SMILES string of the molecule is COC(=O)c1ccc(OC)c([C@H](O)CN)c1. The fourth-order valence-electron chi connectivity index (χ4n) is 1.37. The minimum atomic E-state index is -0.862. The van der Waals surface area contributed by atoms with Crippen LogP contribution in [0.4, 0.5) is 0 Å². The average molecular weight is 225 g/mol. The number of hydrogen-bond donors (Lipinski definition) is 2. The van der Waals surface area contributed by atoms with E-state index in [1.807, 2.05) is 0 Å². The van der Waals surface area contributed by atoms with Gasteiger partial charge < -0.3 is 20.3 Å². The largest absolute Gasteiger partial charge is 0.496 e. The zero-order valence-electron chi connectivity index (χ0n) is 9.27. The Morgan fingerprint density at radius 2 is 2.19 bits per heavy atom. The number of rotatable bonds is 4. The Morgan fingerprint density at radius 3 is 2.69 bits per heavy atom. The monoisotopic (exact) mass is 225 g/mol. The summed E-state index contributed by atoms with van der Waals surface area (Å²) in [7, 11) is 2.78. The number of nitrogens with two attached hydrogens (primary N) is 1. The molecule has 0 bridgehead atoms. The fraction of sp³-hybridized carbons (Fsp3) is 0.364. The van der Waals surface area contributed by atoms with Crippen LogP contribution in [0, 0.1) is 0 Å². The molecule has 0 fully saturated rings. The fourth-order valence-corrected chi connectivity index (χ4v) is 1.37. The molecule has 3 N–H and O–H groups in total. The van der Waals surface area contributed by atoms with E-state index in [2.05, 4.69) is 4.74 Å². The summed E-state index contributed by atoms with van der Waals surface area (Å²) in [6.45, 7) is 0.0565. The molecule has 16 heavy (non-hydrogen) atoms. The lowest BCUT2D eigenvalue weighted by Crippen LogP contribution is -2.13. The smallest absolute Gasteiger partial charge is 0.337 e. The second kappa shape index (κ2) is 5.48. The van der Waals surface area contributed by atoms with Gasteiger partial charge in [-0.05, 0) is 18.2 Å². The molecule has 0 aliphatic carbocycles. The Hall–Kier alpha value is -1.59. The van der Waals surface area contributed by atoms with Crippen LogP contribution in [-0.2, 0) is 4.74 Å². The van der Waals surface area contributed by atoms with E-state index in [0.29, 0.717) is 16.9 Å². The van der Waals surface area contributed by atoms with Crippen molar-refractivity contribution in [1.82, 2.24) is 0 Å². The zero-order chi connectivity index (χ0) is 12.1. The lowest BCUT2D eigenvalue weighted by Gasteiger charge is -2.13. The number of methoxy groups -OCH3 is 2. The van der Waals surface area contributed by atoms with Gasteiger partial charge in [-0.15, -0.1) is 0 Å². The van der Waals surface area contributed by atoms with Gasteiger partial charge in [0.25, 0.3) is 0 Å². The molecule has 1 aromatic rings. The first-order valence-corrected chi connectivity index (χ1v) is 4.78. The van der Waals surface area contributed by atoms with E-state index in [9.17, 15) is 9.90 Å². The summed E-state index contributed by atoms with van der Waals surface area (Å²) < 4.78 is 9.65. The van der Waals surface area contributed by atoms with Gasteiger partial charge in [0, 0.05) is 12.1 Å². The lowest BCUT2D eigenvalue weighted by molar-refractivity contribution is 0.0600. The van der Waals surface area contributed by atoms with Crippen LogP contribution in [0.1, 0.15) is 22.0 Å². The van der Waals surface area contributed by atoms with Crippen molar-refractivity contribution in [3.05, 3.63) is 29.3 Å². The third-order valence-electron chi connectivity index (χ3n) is 2.23. The first kappa shape index (κ1) is 12.5. The molecule has 1 aromatic carbocycles. The van der Waals surface area contributed by atoms with Crippen molar-refractivity contribution >= 4 is 5.97 Å². The second-order valence-electron chi connectivity index (χ2n) is 3.20. The van der Waals surface area contributed by atoms with Crippen molar-refractivity contribution < 1.29 is 19.4 Å². The number of esters is 1. The number of benzene rings is 1. The van der Waals surface area contributed by atoms with Gasteiger partial charge in [0.05, 0.1) is 25.9 Å². The summed E-state index contributed by atoms with van der Waals surface area (Å²) in [6, 6.07) is 4.68. The third kappa shape index (κ3) is 2.50. The predicted molar refractivity (Wildman–Crippen MR) is 58.3 cm³/mol. The molecular formula is C11H15NO4. The molecule has 0 aromatic heterocycles. The molecule has 88 valence electrons. The van der Waals surface area contributed by atoms with Crippen molar-refractivity contribution in [3.8, 4) is 5.75 Å². The second-order valence-corrected chi connectivity index (χ2v) is 3.20. The van der Waals surface area contributed by atoms with Crippen molar-refractivity contribution in [3.63, 3.8) is 0 Å². The van der Waals surface area contributed by atoms with E-state index < -0.39 is 12.1 Å². The summed E-state index contributed by atoms with van der Waals surface area (Å²) in [4.78, 5) is 11.3. The highest BCUT2D eigenvalue weighted by molar-refractivity contribution is 5.89. The lowest BCUT2D eigenvalue weighted by atomic mass is 10.0. The van der Waals surface area contributed by atoms with E-state index in [-0.39, 0.29) is 6.54 Å². The van der Waals surface area contributed by atoms with Crippen LogP contribution in [0.3, 0.4) is 0 Å². The van der Waals surface area contributed by atoms with Gasteiger partial charge in [-0.2, -0.15) is 0 Å². The molecule has 0 saturated carbocycles. The van der Waals surface area contributed by atoms with E-state index in [4.69, 9.17) is 10.5 Å². The Morgan fingerprint density at radius 1 is 1.50 bits per heavy atom. The summed E-state index contributed by atoms with van der Waals surface area (Å²) in [5, 5.41) is 9.66.